The van der Waals surface area contributed by atoms with Crippen LogP contribution in [0.25, 0.3) is 17.7 Å². The number of rotatable bonds is 9. The van der Waals surface area contributed by atoms with E-state index in [9.17, 15) is 5.26 Å². The Morgan fingerprint density at radius 2 is 1.31 bits per heavy atom. The van der Waals surface area contributed by atoms with Gasteiger partial charge in [0.05, 0.1) is 11.5 Å². The molecule has 2 aliphatic rings. The van der Waals surface area contributed by atoms with Crippen molar-refractivity contribution in [1.29, 1.82) is 5.26 Å². The summed E-state index contributed by atoms with van der Waals surface area (Å²) in [6.07, 6.45) is 13.2. The van der Waals surface area contributed by atoms with Crippen molar-refractivity contribution in [2.75, 3.05) is 19.6 Å². The van der Waals surface area contributed by atoms with E-state index in [2.05, 4.69) is 109 Å². The molecule has 39 heavy (non-hydrogen) atoms. The third kappa shape index (κ3) is 6.55. The zero-order valence-electron chi connectivity index (χ0n) is 23.2. The lowest BCUT2D eigenvalue weighted by atomic mass is 9.74. The molecule has 1 heterocycles. The number of fused-ring (bicyclic) bond motifs is 2. The van der Waals surface area contributed by atoms with Gasteiger partial charge in [-0.05, 0) is 72.0 Å². The van der Waals surface area contributed by atoms with E-state index in [1.165, 1.54) is 46.2 Å². The smallest absolute Gasteiger partial charge is 0.0822 e. The highest BCUT2D eigenvalue weighted by Crippen LogP contribution is 2.39. The normalized spacial score (nSPS) is 16.3. The topological polar surface area (TPSA) is 27.0 Å². The average molecular weight is 537 g/mol. The maximum Gasteiger partial charge on any atom is 0.0822 e. The van der Waals surface area contributed by atoms with Gasteiger partial charge >= 0.3 is 0 Å². The molecule has 202 valence electrons. The SMILES string of the molecule is CCCCCC(C#N)(CCCN1CCC(=C2c3ccccc3C=Cc3ccccc32)CC1)c1ccccc1.Cl. The van der Waals surface area contributed by atoms with E-state index in [4.69, 9.17) is 0 Å². The van der Waals surface area contributed by atoms with E-state index in [1.807, 2.05) is 0 Å². The standard InChI is InChI=1S/C36H40N2.ClH/c1-2-3-11-23-36(28-37,32-15-5-4-6-16-32)24-12-25-38-26-21-31(22-27-38)35-33-17-9-7-13-29(33)19-20-30-14-8-10-18-34(30)35;/h4-10,13-20H,2-3,11-12,21-27H2,1H3;1H. The Morgan fingerprint density at radius 1 is 0.744 bits per heavy atom. The van der Waals surface area contributed by atoms with Gasteiger partial charge in [-0.25, -0.2) is 0 Å². The second-order valence-corrected chi connectivity index (χ2v) is 10.9. The molecule has 3 aromatic rings. The van der Waals surface area contributed by atoms with Crippen molar-refractivity contribution in [2.24, 2.45) is 0 Å². The first-order valence-electron chi connectivity index (χ1n) is 14.5. The highest BCUT2D eigenvalue weighted by Gasteiger charge is 2.31. The largest absolute Gasteiger partial charge is 0.303 e. The first kappa shape index (κ1) is 28.9. The number of nitriles is 1. The van der Waals surface area contributed by atoms with Gasteiger partial charge in [0.1, 0.15) is 0 Å². The molecule has 0 N–H and O–H groups in total. The minimum atomic E-state index is -0.361. The average Bonchev–Trinajstić information content (AvgIpc) is 3.14. The molecule has 2 nitrogen and oxygen atoms in total. The Morgan fingerprint density at radius 3 is 1.90 bits per heavy atom. The number of nitrogens with zero attached hydrogens (tertiary/aromatic N) is 2. The summed E-state index contributed by atoms with van der Waals surface area (Å²) < 4.78 is 0. The summed E-state index contributed by atoms with van der Waals surface area (Å²) in [5.74, 6) is 0. The number of piperidine rings is 1. The fourth-order valence-electron chi connectivity index (χ4n) is 6.37. The molecule has 0 aromatic heterocycles. The summed E-state index contributed by atoms with van der Waals surface area (Å²) in [5.41, 5.74) is 9.22. The molecule has 5 rings (SSSR count). The Bertz CT molecular complexity index is 1270. The molecule has 0 amide bonds. The maximum atomic E-state index is 10.4. The zero-order valence-corrected chi connectivity index (χ0v) is 24.1. The summed E-state index contributed by atoms with van der Waals surface area (Å²) in [5, 5.41) is 10.4. The van der Waals surface area contributed by atoms with E-state index in [0.717, 1.165) is 58.2 Å². The van der Waals surface area contributed by atoms with Gasteiger partial charge in [0.25, 0.3) is 0 Å². The van der Waals surface area contributed by atoms with Crippen LogP contribution in [-0.2, 0) is 5.41 Å². The van der Waals surface area contributed by atoms with Crippen molar-refractivity contribution in [1.82, 2.24) is 4.90 Å². The molecule has 1 fully saturated rings. The van der Waals surface area contributed by atoms with Crippen LogP contribution in [0.3, 0.4) is 0 Å². The lowest BCUT2D eigenvalue weighted by Gasteiger charge is -2.32. The Hall–Kier alpha value is -3.12. The quantitative estimate of drug-likeness (QED) is 0.199. The summed E-state index contributed by atoms with van der Waals surface area (Å²) in [7, 11) is 0. The predicted molar refractivity (Wildman–Crippen MR) is 168 cm³/mol. The van der Waals surface area contributed by atoms with Gasteiger partial charge in [-0.3, -0.25) is 0 Å². The number of hydrogen-bond donors (Lipinski definition) is 0. The minimum Gasteiger partial charge on any atom is -0.303 e. The van der Waals surface area contributed by atoms with Crippen molar-refractivity contribution >= 4 is 30.1 Å². The van der Waals surface area contributed by atoms with Gasteiger partial charge < -0.3 is 4.90 Å². The number of likely N-dealkylation sites (tertiary alicyclic amines) is 1. The first-order valence-corrected chi connectivity index (χ1v) is 14.5. The molecule has 0 spiro atoms. The molecule has 1 saturated heterocycles. The molecule has 3 heteroatoms. The van der Waals surface area contributed by atoms with Crippen LogP contribution in [0.1, 0.15) is 86.1 Å². The van der Waals surface area contributed by atoms with Crippen LogP contribution in [0.2, 0.25) is 0 Å². The van der Waals surface area contributed by atoms with Gasteiger partial charge in [0.15, 0.2) is 0 Å². The number of unbranched alkanes of at least 4 members (excludes halogenated alkanes) is 2. The number of hydrogen-bond acceptors (Lipinski definition) is 2. The van der Waals surface area contributed by atoms with Crippen LogP contribution >= 0.6 is 12.4 Å². The highest BCUT2D eigenvalue weighted by molar-refractivity contribution is 5.94. The Labute approximate surface area is 241 Å². The molecule has 0 radical (unpaired) electrons. The molecule has 3 aromatic carbocycles. The molecular formula is C36H41ClN2. The fourth-order valence-corrected chi connectivity index (χ4v) is 6.37. The fraction of sp³-hybridized carbons (Fsp3) is 0.361. The van der Waals surface area contributed by atoms with Gasteiger partial charge in [-0.1, -0.05) is 123 Å². The van der Waals surface area contributed by atoms with Crippen LogP contribution < -0.4 is 0 Å². The third-order valence-corrected chi connectivity index (χ3v) is 8.54. The monoisotopic (exact) mass is 536 g/mol. The predicted octanol–water partition coefficient (Wildman–Crippen LogP) is 9.31. The lowest BCUT2D eigenvalue weighted by Crippen LogP contribution is -2.33. The van der Waals surface area contributed by atoms with E-state index >= 15 is 0 Å². The molecule has 1 atom stereocenters. The van der Waals surface area contributed by atoms with Crippen molar-refractivity contribution < 1.29 is 0 Å². The molecular weight excluding hydrogens is 496 g/mol. The van der Waals surface area contributed by atoms with Crippen LogP contribution in [-0.4, -0.2) is 24.5 Å². The summed E-state index contributed by atoms with van der Waals surface area (Å²) in [6, 6.07) is 31.0. The molecule has 0 saturated carbocycles. The van der Waals surface area contributed by atoms with Crippen LogP contribution in [0.5, 0.6) is 0 Å². The molecule has 1 aliphatic heterocycles. The Kier molecular flexibility index (Phi) is 10.2. The second kappa shape index (κ2) is 13.8. The number of halogens is 1. The van der Waals surface area contributed by atoms with Gasteiger partial charge in [0.2, 0.25) is 0 Å². The summed E-state index contributed by atoms with van der Waals surface area (Å²) in [4.78, 5) is 2.62. The zero-order chi connectivity index (χ0) is 26.2. The maximum absolute atomic E-state index is 10.4. The summed E-state index contributed by atoms with van der Waals surface area (Å²) in [6.45, 7) is 5.50. The highest BCUT2D eigenvalue weighted by atomic mass is 35.5. The van der Waals surface area contributed by atoms with Crippen LogP contribution in [0, 0.1) is 11.3 Å². The summed E-state index contributed by atoms with van der Waals surface area (Å²) >= 11 is 0. The third-order valence-electron chi connectivity index (χ3n) is 8.54. The van der Waals surface area contributed by atoms with Crippen molar-refractivity contribution in [3.8, 4) is 6.07 Å². The van der Waals surface area contributed by atoms with Crippen molar-refractivity contribution in [2.45, 2.75) is 63.7 Å². The van der Waals surface area contributed by atoms with Gasteiger partial charge in [-0.15, -0.1) is 12.4 Å². The van der Waals surface area contributed by atoms with Gasteiger partial charge in [0, 0.05) is 13.1 Å². The molecule has 1 unspecified atom stereocenters. The lowest BCUT2D eigenvalue weighted by molar-refractivity contribution is 0.243. The van der Waals surface area contributed by atoms with Gasteiger partial charge in [-0.2, -0.15) is 5.26 Å². The van der Waals surface area contributed by atoms with Crippen molar-refractivity contribution in [3.63, 3.8) is 0 Å². The minimum absolute atomic E-state index is 0. The first-order chi connectivity index (χ1) is 18.7. The molecule has 0 bridgehead atoms. The van der Waals surface area contributed by atoms with E-state index in [-0.39, 0.29) is 17.8 Å². The van der Waals surface area contributed by atoms with E-state index in [0.29, 0.717) is 0 Å². The Balaban J connectivity index is 0.00000353. The van der Waals surface area contributed by atoms with Crippen molar-refractivity contribution in [3.05, 3.63) is 112 Å². The van der Waals surface area contributed by atoms with Crippen LogP contribution in [0.15, 0.2) is 84.4 Å². The van der Waals surface area contributed by atoms with Crippen LogP contribution in [0.4, 0.5) is 0 Å². The molecule has 1 aliphatic carbocycles. The van der Waals surface area contributed by atoms with E-state index in [1.54, 1.807) is 5.57 Å². The number of benzene rings is 3. The second-order valence-electron chi connectivity index (χ2n) is 10.9. The van der Waals surface area contributed by atoms with E-state index < -0.39 is 0 Å².